The van der Waals surface area contributed by atoms with Crippen LogP contribution in [0.4, 0.5) is 0 Å². The van der Waals surface area contributed by atoms with Crippen LogP contribution in [-0.2, 0) is 11.8 Å². The molecule has 1 unspecified atom stereocenters. The Balaban J connectivity index is 1.24. The third-order valence-electron chi connectivity index (χ3n) is 14.3. The average Bonchev–Trinajstić information content (AvgIpc) is 3.84. The van der Waals surface area contributed by atoms with Crippen molar-refractivity contribution < 1.29 is 0 Å². The van der Waals surface area contributed by atoms with Crippen molar-refractivity contribution in [2.24, 2.45) is 0 Å². The number of hydrogen-bond donors (Lipinski definition) is 0. The van der Waals surface area contributed by atoms with Crippen LogP contribution >= 0.6 is 0 Å². The van der Waals surface area contributed by atoms with E-state index in [0.29, 0.717) is 0 Å². The molecule has 1 atom stereocenters. The van der Waals surface area contributed by atoms with Crippen molar-refractivity contribution in [1.82, 2.24) is 9.13 Å². The first-order chi connectivity index (χ1) is 31.0. The fourth-order valence-corrected chi connectivity index (χ4v) is 11.5. The maximum Gasteiger partial charge on any atom is 0.0546 e. The third-order valence-corrected chi connectivity index (χ3v) is 14.3. The van der Waals surface area contributed by atoms with Crippen molar-refractivity contribution in [3.63, 3.8) is 0 Å². The molecule has 298 valence electrons. The summed E-state index contributed by atoms with van der Waals surface area (Å²) in [4.78, 5) is 0. The fraction of sp³-hybridized carbons (Fsp3) is 0.0820. The van der Waals surface area contributed by atoms with Gasteiger partial charge in [-0.2, -0.15) is 0 Å². The molecule has 0 saturated carbocycles. The molecule has 0 radical (unpaired) electrons. The lowest BCUT2D eigenvalue weighted by Gasteiger charge is -2.37. The van der Waals surface area contributed by atoms with Gasteiger partial charge in [-0.15, -0.1) is 0 Å². The summed E-state index contributed by atoms with van der Waals surface area (Å²) >= 11 is 0. The van der Waals surface area contributed by atoms with E-state index in [2.05, 4.69) is 230 Å². The highest BCUT2D eigenvalue weighted by Crippen LogP contribution is 2.52. The molecule has 2 nitrogen and oxygen atoms in total. The Morgan fingerprint density at radius 1 is 0.444 bits per heavy atom. The third kappa shape index (κ3) is 5.13. The molecule has 13 rings (SSSR count). The Kier molecular flexibility index (Phi) is 7.67. The number of allylic oxidation sites excluding steroid dienone is 1. The number of para-hydroxylation sites is 4. The van der Waals surface area contributed by atoms with Gasteiger partial charge < -0.3 is 9.13 Å². The Morgan fingerprint density at radius 2 is 0.952 bits per heavy atom. The van der Waals surface area contributed by atoms with Crippen molar-refractivity contribution in [2.75, 3.05) is 0 Å². The van der Waals surface area contributed by atoms with E-state index in [1.54, 1.807) is 0 Å². The van der Waals surface area contributed by atoms with Crippen LogP contribution in [0, 0.1) is 13.8 Å². The first kappa shape index (κ1) is 36.0. The lowest BCUT2D eigenvalue weighted by molar-refractivity contribution is 0.591. The maximum atomic E-state index is 2.63. The van der Waals surface area contributed by atoms with Crippen LogP contribution in [0.25, 0.3) is 98.4 Å². The Bertz CT molecular complexity index is 3820. The van der Waals surface area contributed by atoms with Crippen LogP contribution in [0.1, 0.15) is 34.7 Å². The lowest BCUT2D eigenvalue weighted by Crippen LogP contribution is -2.29. The van der Waals surface area contributed by atoms with Crippen LogP contribution in [0.3, 0.4) is 0 Å². The van der Waals surface area contributed by atoms with Gasteiger partial charge in [0, 0.05) is 37.9 Å². The lowest BCUT2D eigenvalue weighted by atomic mass is 9.68. The van der Waals surface area contributed by atoms with Crippen LogP contribution in [0.5, 0.6) is 0 Å². The van der Waals surface area contributed by atoms with E-state index in [4.69, 9.17) is 0 Å². The molecule has 1 aliphatic carbocycles. The van der Waals surface area contributed by atoms with Crippen LogP contribution < -0.4 is 0 Å². The first-order valence-electron chi connectivity index (χ1n) is 22.2. The highest BCUT2D eigenvalue weighted by molar-refractivity contribution is 6.21. The summed E-state index contributed by atoms with van der Waals surface area (Å²) in [5.41, 5.74) is 16.0. The van der Waals surface area contributed by atoms with Gasteiger partial charge in [0.1, 0.15) is 0 Å². The molecule has 2 heterocycles. The predicted molar refractivity (Wildman–Crippen MR) is 269 cm³/mol. The van der Waals surface area contributed by atoms with Crippen molar-refractivity contribution in [3.05, 3.63) is 228 Å². The van der Waals surface area contributed by atoms with Gasteiger partial charge in [0.2, 0.25) is 0 Å². The molecule has 12 aromatic rings. The smallest absolute Gasteiger partial charge is 0.0546 e. The normalized spacial score (nSPS) is 15.3. The van der Waals surface area contributed by atoms with E-state index in [1.807, 2.05) is 0 Å². The number of rotatable bonds is 4. The molecule has 0 spiro atoms. The highest BCUT2D eigenvalue weighted by atomic mass is 15.0. The van der Waals surface area contributed by atoms with Gasteiger partial charge >= 0.3 is 0 Å². The van der Waals surface area contributed by atoms with Gasteiger partial charge in [-0.3, -0.25) is 0 Å². The number of fused-ring (bicyclic) bond motifs is 10. The van der Waals surface area contributed by atoms with E-state index in [1.165, 1.54) is 126 Å². The van der Waals surface area contributed by atoms with Gasteiger partial charge in [0.15, 0.2) is 0 Å². The summed E-state index contributed by atoms with van der Waals surface area (Å²) in [7, 11) is 0. The zero-order valence-corrected chi connectivity index (χ0v) is 35.7. The van der Waals surface area contributed by atoms with Crippen LogP contribution in [0.15, 0.2) is 200 Å². The van der Waals surface area contributed by atoms with Gasteiger partial charge in [0.25, 0.3) is 0 Å². The van der Waals surface area contributed by atoms with E-state index in [0.717, 1.165) is 6.42 Å². The van der Waals surface area contributed by atoms with Crippen molar-refractivity contribution >= 4 is 81.6 Å². The second kappa shape index (κ2) is 13.4. The zero-order chi connectivity index (χ0) is 42.0. The second-order valence-corrected chi connectivity index (χ2v) is 18.0. The Hall–Kier alpha value is -7.68. The molecule has 1 aliphatic rings. The standard InChI is InChI=1S/C61H44N2/c1-38-34-55(62-51-28-14-10-22-45(51)46-23-11-15-29-52(46)62)59-57(39(38)2)58(42-33-32-40-18-4-5-19-41(40)35-42)49-26-8-9-27-50(49)60(59)61(3)36-43-20-6-7-21-44(43)56(37-61)63-53-30-16-12-24-47(53)48-25-13-17-31-54(48)63/h4-35,37H,36H2,1-3H3. The number of nitrogens with zero attached hydrogens (tertiary/aromatic N) is 2. The summed E-state index contributed by atoms with van der Waals surface area (Å²) in [6.45, 7) is 7.18. The van der Waals surface area contributed by atoms with Gasteiger partial charge in [-0.05, 0) is 123 Å². The molecular weight excluding hydrogens is 761 g/mol. The average molecular weight is 805 g/mol. The molecular formula is C61H44N2. The summed E-state index contributed by atoms with van der Waals surface area (Å²) in [6, 6.07) is 72.5. The van der Waals surface area contributed by atoms with E-state index >= 15 is 0 Å². The van der Waals surface area contributed by atoms with Crippen LogP contribution in [0.2, 0.25) is 0 Å². The molecule has 2 aromatic heterocycles. The molecule has 0 fully saturated rings. The SMILES string of the molecule is Cc1cc(-n2c3ccccc3c3ccccc32)c2c(C3(C)C=C(n4c5ccccc5c5ccccc54)c4ccccc4C3)c3ccccc3c(-c3ccc4ccccc4c3)c2c1C. The van der Waals surface area contributed by atoms with Crippen molar-refractivity contribution in [1.29, 1.82) is 0 Å². The van der Waals surface area contributed by atoms with E-state index in [-0.39, 0.29) is 0 Å². The van der Waals surface area contributed by atoms with E-state index in [9.17, 15) is 0 Å². The molecule has 0 N–H and O–H groups in total. The van der Waals surface area contributed by atoms with Gasteiger partial charge in [-0.1, -0.05) is 165 Å². The highest BCUT2D eigenvalue weighted by Gasteiger charge is 2.37. The summed E-state index contributed by atoms with van der Waals surface area (Å²) in [6.07, 6.45) is 3.49. The molecule has 0 saturated heterocycles. The molecule has 0 aliphatic heterocycles. The molecule has 0 amide bonds. The quantitative estimate of drug-likeness (QED) is 0.157. The number of aromatic nitrogens is 2. The Morgan fingerprint density at radius 3 is 1.59 bits per heavy atom. The minimum atomic E-state index is -0.439. The van der Waals surface area contributed by atoms with Crippen LogP contribution in [-0.4, -0.2) is 9.13 Å². The predicted octanol–water partition coefficient (Wildman–Crippen LogP) is 16.0. The first-order valence-corrected chi connectivity index (χ1v) is 22.2. The zero-order valence-electron chi connectivity index (χ0n) is 35.7. The second-order valence-electron chi connectivity index (χ2n) is 18.0. The minimum Gasteiger partial charge on any atom is -0.309 e. The molecule has 0 bridgehead atoms. The minimum absolute atomic E-state index is 0.439. The largest absolute Gasteiger partial charge is 0.309 e. The fourth-order valence-electron chi connectivity index (χ4n) is 11.5. The molecule has 2 heteroatoms. The summed E-state index contributed by atoms with van der Waals surface area (Å²) < 4.78 is 5.11. The van der Waals surface area contributed by atoms with Crippen molar-refractivity contribution in [2.45, 2.75) is 32.6 Å². The number of benzene rings is 10. The topological polar surface area (TPSA) is 9.86 Å². The Labute approximate surface area is 366 Å². The monoisotopic (exact) mass is 804 g/mol. The van der Waals surface area contributed by atoms with Crippen molar-refractivity contribution in [3.8, 4) is 16.8 Å². The van der Waals surface area contributed by atoms with E-state index < -0.39 is 5.41 Å². The maximum absolute atomic E-state index is 2.63. The number of hydrogen-bond acceptors (Lipinski definition) is 0. The van der Waals surface area contributed by atoms with Gasteiger partial charge in [0.05, 0.1) is 33.5 Å². The molecule has 63 heavy (non-hydrogen) atoms. The summed E-state index contributed by atoms with van der Waals surface area (Å²) in [5.74, 6) is 0. The summed E-state index contributed by atoms with van der Waals surface area (Å²) in [5, 5.41) is 12.8. The molecule has 10 aromatic carbocycles. The number of aryl methyl sites for hydroxylation is 2. The van der Waals surface area contributed by atoms with Gasteiger partial charge in [-0.25, -0.2) is 0 Å².